The highest BCUT2D eigenvalue weighted by Gasteiger charge is 2.35. The second-order valence-electron chi connectivity index (χ2n) is 4.77. The molecule has 6 heteroatoms. The van der Waals surface area contributed by atoms with E-state index in [9.17, 15) is 22.4 Å². The summed E-state index contributed by atoms with van der Waals surface area (Å²) in [4.78, 5) is 13.0. The Labute approximate surface area is 113 Å². The molecule has 2 rings (SSSR count). The van der Waals surface area contributed by atoms with Crippen molar-refractivity contribution in [1.29, 1.82) is 0 Å². The van der Waals surface area contributed by atoms with Crippen molar-refractivity contribution in [3.8, 4) is 0 Å². The van der Waals surface area contributed by atoms with Crippen LogP contribution in [-0.4, -0.2) is 17.4 Å². The van der Waals surface area contributed by atoms with Crippen LogP contribution in [0.5, 0.6) is 0 Å². The summed E-state index contributed by atoms with van der Waals surface area (Å²) in [6.07, 6.45) is -2.77. The van der Waals surface area contributed by atoms with E-state index < -0.39 is 17.6 Å². The lowest BCUT2D eigenvalue weighted by Gasteiger charge is -2.19. The van der Waals surface area contributed by atoms with E-state index in [-0.39, 0.29) is 30.4 Å². The molecule has 1 aromatic rings. The number of carbonyl (C=O) groups excluding carboxylic acids is 1. The number of benzene rings is 1. The first-order valence-corrected chi connectivity index (χ1v) is 6.07. The van der Waals surface area contributed by atoms with Crippen molar-refractivity contribution in [1.82, 2.24) is 4.90 Å². The zero-order chi connectivity index (χ0) is 14.9. The van der Waals surface area contributed by atoms with Crippen molar-refractivity contribution < 1.29 is 22.4 Å². The van der Waals surface area contributed by atoms with Crippen LogP contribution in [0.4, 0.5) is 17.6 Å². The number of amides is 1. The van der Waals surface area contributed by atoms with Crippen molar-refractivity contribution in [2.24, 2.45) is 5.92 Å². The quantitative estimate of drug-likeness (QED) is 0.616. The normalized spacial score (nSPS) is 19.5. The third-order valence-corrected chi connectivity index (χ3v) is 3.32. The van der Waals surface area contributed by atoms with Crippen molar-refractivity contribution >= 4 is 5.91 Å². The summed E-state index contributed by atoms with van der Waals surface area (Å²) < 4.78 is 51.6. The van der Waals surface area contributed by atoms with E-state index >= 15 is 0 Å². The first-order chi connectivity index (χ1) is 9.31. The fourth-order valence-electron chi connectivity index (χ4n) is 2.27. The van der Waals surface area contributed by atoms with Gasteiger partial charge in [-0.2, -0.15) is 13.2 Å². The van der Waals surface area contributed by atoms with Gasteiger partial charge >= 0.3 is 6.18 Å². The highest BCUT2D eigenvalue weighted by atomic mass is 19.4. The third-order valence-electron chi connectivity index (χ3n) is 3.32. The van der Waals surface area contributed by atoms with E-state index in [0.717, 1.165) is 12.1 Å². The standard InChI is InChI=1S/C14H13F4NO/c1-2-9-5-13(20)19(7-9)8-10-3-4-11(15)6-12(10)14(16,17)18/h2-4,6,9H,1,5,7-8H2. The van der Waals surface area contributed by atoms with E-state index in [1.165, 1.54) is 4.90 Å². The maximum atomic E-state index is 13.0. The molecule has 2 nitrogen and oxygen atoms in total. The van der Waals surface area contributed by atoms with Crippen molar-refractivity contribution in [3.05, 3.63) is 47.8 Å². The summed E-state index contributed by atoms with van der Waals surface area (Å²) >= 11 is 0. The van der Waals surface area contributed by atoms with Gasteiger partial charge in [-0.05, 0) is 17.7 Å². The van der Waals surface area contributed by atoms with Gasteiger partial charge in [0, 0.05) is 25.4 Å². The molecule has 0 spiro atoms. The van der Waals surface area contributed by atoms with Crippen molar-refractivity contribution in [2.45, 2.75) is 19.1 Å². The molecule has 1 atom stereocenters. The fraction of sp³-hybridized carbons (Fsp3) is 0.357. The van der Waals surface area contributed by atoms with Crippen LogP contribution in [-0.2, 0) is 17.5 Å². The summed E-state index contributed by atoms with van der Waals surface area (Å²) in [5.74, 6) is -1.21. The molecule has 0 N–H and O–H groups in total. The van der Waals surface area contributed by atoms with E-state index in [1.807, 2.05) is 0 Å². The van der Waals surface area contributed by atoms with Gasteiger partial charge < -0.3 is 4.90 Å². The van der Waals surface area contributed by atoms with Crippen LogP contribution in [0.15, 0.2) is 30.9 Å². The van der Waals surface area contributed by atoms with Gasteiger partial charge in [0.25, 0.3) is 0 Å². The predicted octanol–water partition coefficient (Wildman–Crippen LogP) is 3.38. The molecule has 0 aliphatic carbocycles. The SMILES string of the molecule is C=CC1CC(=O)N(Cc2ccc(F)cc2C(F)(F)F)C1. The van der Waals surface area contributed by atoms with Gasteiger partial charge in [-0.3, -0.25) is 4.79 Å². The van der Waals surface area contributed by atoms with E-state index in [2.05, 4.69) is 6.58 Å². The van der Waals surface area contributed by atoms with Gasteiger partial charge in [0.15, 0.2) is 0 Å². The topological polar surface area (TPSA) is 20.3 Å². The molecule has 1 saturated heterocycles. The highest BCUT2D eigenvalue weighted by Crippen LogP contribution is 2.34. The molecule has 1 amide bonds. The number of hydrogen-bond acceptors (Lipinski definition) is 1. The number of hydrogen-bond donors (Lipinski definition) is 0. The number of alkyl halides is 3. The number of nitrogens with zero attached hydrogens (tertiary/aromatic N) is 1. The lowest BCUT2D eigenvalue weighted by molar-refractivity contribution is -0.139. The van der Waals surface area contributed by atoms with Crippen molar-refractivity contribution in [3.63, 3.8) is 0 Å². The van der Waals surface area contributed by atoms with Crippen LogP contribution >= 0.6 is 0 Å². The minimum absolute atomic E-state index is 0.0442. The molecule has 108 valence electrons. The first-order valence-electron chi connectivity index (χ1n) is 6.07. The molecule has 0 bridgehead atoms. The minimum Gasteiger partial charge on any atom is -0.338 e. The van der Waals surface area contributed by atoms with Gasteiger partial charge in [-0.15, -0.1) is 6.58 Å². The maximum absolute atomic E-state index is 13.0. The van der Waals surface area contributed by atoms with Crippen LogP contribution in [0, 0.1) is 11.7 Å². The summed E-state index contributed by atoms with van der Waals surface area (Å²) in [6.45, 7) is 3.75. The lowest BCUT2D eigenvalue weighted by atomic mass is 10.1. The van der Waals surface area contributed by atoms with E-state index in [0.29, 0.717) is 12.6 Å². The average Bonchev–Trinajstić information content (AvgIpc) is 2.71. The summed E-state index contributed by atoms with van der Waals surface area (Å²) in [7, 11) is 0. The molecule has 0 saturated carbocycles. The summed E-state index contributed by atoms with van der Waals surface area (Å²) in [5.41, 5.74) is -1.13. The Balaban J connectivity index is 2.26. The molecule has 1 heterocycles. The number of rotatable bonds is 3. The molecule has 0 radical (unpaired) electrons. The lowest BCUT2D eigenvalue weighted by Crippen LogP contribution is -2.26. The van der Waals surface area contributed by atoms with Gasteiger partial charge in [0.1, 0.15) is 5.82 Å². The Hall–Kier alpha value is -1.85. The van der Waals surface area contributed by atoms with Crippen LogP contribution in [0.3, 0.4) is 0 Å². The Kier molecular flexibility index (Phi) is 3.83. The molecule has 1 aliphatic heterocycles. The zero-order valence-corrected chi connectivity index (χ0v) is 10.6. The van der Waals surface area contributed by atoms with Gasteiger partial charge in [-0.25, -0.2) is 4.39 Å². The summed E-state index contributed by atoms with van der Waals surface area (Å²) in [5, 5.41) is 0. The Bertz CT molecular complexity index is 538. The van der Waals surface area contributed by atoms with Gasteiger partial charge in [0.2, 0.25) is 5.91 Å². The molecule has 20 heavy (non-hydrogen) atoms. The fourth-order valence-corrected chi connectivity index (χ4v) is 2.27. The maximum Gasteiger partial charge on any atom is 0.416 e. The van der Waals surface area contributed by atoms with Crippen LogP contribution in [0.25, 0.3) is 0 Å². The van der Waals surface area contributed by atoms with E-state index in [4.69, 9.17) is 0 Å². The summed E-state index contributed by atoms with van der Waals surface area (Å²) in [6, 6.07) is 2.50. The van der Waals surface area contributed by atoms with Crippen molar-refractivity contribution in [2.75, 3.05) is 6.54 Å². The smallest absolute Gasteiger partial charge is 0.338 e. The number of halogens is 4. The third kappa shape index (κ3) is 3.00. The van der Waals surface area contributed by atoms with Crippen LogP contribution in [0.2, 0.25) is 0 Å². The van der Waals surface area contributed by atoms with Gasteiger partial charge in [-0.1, -0.05) is 12.1 Å². The molecular formula is C14H13F4NO. The number of likely N-dealkylation sites (tertiary alicyclic amines) is 1. The second-order valence-corrected chi connectivity index (χ2v) is 4.77. The van der Waals surface area contributed by atoms with E-state index in [1.54, 1.807) is 6.08 Å². The minimum atomic E-state index is -4.64. The van der Waals surface area contributed by atoms with Crippen LogP contribution < -0.4 is 0 Å². The monoisotopic (exact) mass is 287 g/mol. The Morgan fingerprint density at radius 3 is 2.65 bits per heavy atom. The largest absolute Gasteiger partial charge is 0.416 e. The molecule has 1 fully saturated rings. The highest BCUT2D eigenvalue weighted by molar-refractivity contribution is 5.79. The molecule has 1 aromatic carbocycles. The Morgan fingerprint density at radius 2 is 2.10 bits per heavy atom. The van der Waals surface area contributed by atoms with Gasteiger partial charge in [0.05, 0.1) is 5.56 Å². The number of carbonyl (C=O) groups is 1. The first kappa shape index (κ1) is 14.6. The average molecular weight is 287 g/mol. The van der Waals surface area contributed by atoms with Crippen LogP contribution in [0.1, 0.15) is 17.5 Å². The predicted molar refractivity (Wildman–Crippen MR) is 65.1 cm³/mol. The molecule has 1 aliphatic rings. The molecule has 1 unspecified atom stereocenters. The molecule has 0 aromatic heterocycles. The second kappa shape index (κ2) is 5.26. The zero-order valence-electron chi connectivity index (χ0n) is 10.6. The molecular weight excluding hydrogens is 274 g/mol. The Morgan fingerprint density at radius 1 is 1.40 bits per heavy atom.